The fourth-order valence-electron chi connectivity index (χ4n) is 6.02. The first-order valence-electron chi connectivity index (χ1n) is 15.1. The zero-order chi connectivity index (χ0) is 33.7. The van der Waals surface area contributed by atoms with Gasteiger partial charge in [0.1, 0.15) is 40.1 Å². The van der Waals surface area contributed by atoms with Crippen molar-refractivity contribution in [3.05, 3.63) is 69.0 Å². The van der Waals surface area contributed by atoms with E-state index in [0.29, 0.717) is 36.3 Å². The molecule has 1 aliphatic carbocycles. The third-order valence-corrected chi connectivity index (χ3v) is 10.9. The van der Waals surface area contributed by atoms with Gasteiger partial charge >= 0.3 is 5.97 Å². The maximum absolute atomic E-state index is 13.3. The van der Waals surface area contributed by atoms with Crippen LogP contribution in [0.2, 0.25) is 4.34 Å². The second-order valence-corrected chi connectivity index (χ2v) is 14.4. The minimum Gasteiger partial charge on any atom is -0.477 e. The number of carbonyl (C=O) groups is 3. The number of carboxylic acids is 1. The Kier molecular flexibility index (Phi) is 8.51. The number of amidine groups is 1. The number of nitrogen functional groups attached to an aromatic ring is 1. The van der Waals surface area contributed by atoms with E-state index in [9.17, 15) is 19.5 Å². The lowest BCUT2D eigenvalue weighted by Crippen LogP contribution is -2.71. The Balaban J connectivity index is 1.03. The summed E-state index contributed by atoms with van der Waals surface area (Å²) in [6.07, 6.45) is 4.14. The quantitative estimate of drug-likeness (QED) is 0.0736. The van der Waals surface area contributed by atoms with E-state index in [1.165, 1.54) is 23.8 Å². The molecule has 1 aromatic carbocycles. The molecule has 2 aromatic heterocycles. The SMILES string of the molecule is CO/N=C(\C(=O)N[C@@H]1C(=O)N2C(C(=O)O)=C(C[n+]3ccc4n3CCN4Cc3ccc(C(N)=NC4CC4)cc3)CS[C@H]12)c1nc(N)sc1Cl. The number of aromatic nitrogens is 3. The second-order valence-electron chi connectivity index (χ2n) is 11.7. The molecule has 6 N–H and O–H groups in total. The number of amides is 2. The number of thioether (sulfide) groups is 1. The molecule has 250 valence electrons. The minimum atomic E-state index is -1.21. The van der Waals surface area contributed by atoms with Crippen molar-refractivity contribution in [1.29, 1.82) is 0 Å². The smallest absolute Gasteiger partial charge is 0.352 e. The first kappa shape index (κ1) is 32.0. The van der Waals surface area contributed by atoms with E-state index in [2.05, 4.69) is 42.2 Å². The van der Waals surface area contributed by atoms with Crippen LogP contribution in [0.3, 0.4) is 0 Å². The van der Waals surface area contributed by atoms with E-state index < -0.39 is 29.2 Å². The molecular weight excluding hydrogens is 680 g/mol. The van der Waals surface area contributed by atoms with Crippen molar-refractivity contribution < 1.29 is 29.0 Å². The zero-order valence-electron chi connectivity index (χ0n) is 25.7. The molecule has 0 unspecified atom stereocenters. The van der Waals surface area contributed by atoms with Crippen LogP contribution < -0.4 is 26.4 Å². The normalized spacial score (nSPS) is 20.8. The maximum Gasteiger partial charge on any atom is 0.352 e. The van der Waals surface area contributed by atoms with Gasteiger partial charge in [0.25, 0.3) is 11.8 Å². The number of β-lactam (4-membered cyclic amide) rings is 1. The van der Waals surface area contributed by atoms with Crippen molar-refractivity contribution in [3.63, 3.8) is 0 Å². The predicted molar refractivity (Wildman–Crippen MR) is 181 cm³/mol. The number of carboxylic acid groups (broad SMARTS) is 1. The Bertz CT molecular complexity index is 1900. The van der Waals surface area contributed by atoms with Gasteiger partial charge in [-0.25, -0.2) is 9.78 Å². The average Bonchev–Trinajstić information content (AvgIpc) is 3.50. The molecular formula is C30H32ClN10O5S2+. The van der Waals surface area contributed by atoms with Gasteiger partial charge in [0.05, 0.1) is 18.7 Å². The molecule has 5 heterocycles. The molecule has 0 bridgehead atoms. The van der Waals surface area contributed by atoms with Gasteiger partial charge in [-0.05, 0) is 18.4 Å². The van der Waals surface area contributed by atoms with Gasteiger partial charge in [0.15, 0.2) is 29.4 Å². The summed E-state index contributed by atoms with van der Waals surface area (Å²) in [5, 5.41) is 16.1. The molecule has 4 aliphatic rings. The van der Waals surface area contributed by atoms with E-state index >= 15 is 0 Å². The van der Waals surface area contributed by atoms with Crippen LogP contribution >= 0.6 is 34.7 Å². The summed E-state index contributed by atoms with van der Waals surface area (Å²) >= 11 is 8.52. The Morgan fingerprint density at radius 1 is 1.23 bits per heavy atom. The van der Waals surface area contributed by atoms with Crippen LogP contribution in [0.15, 0.2) is 57.9 Å². The number of hydrogen-bond acceptors (Lipinski definition) is 11. The van der Waals surface area contributed by atoms with Crippen LogP contribution in [0, 0.1) is 0 Å². The van der Waals surface area contributed by atoms with E-state index in [1.54, 1.807) is 0 Å². The number of oxime groups is 1. The van der Waals surface area contributed by atoms with Crippen molar-refractivity contribution in [3.8, 4) is 0 Å². The molecule has 2 fully saturated rings. The zero-order valence-corrected chi connectivity index (χ0v) is 28.1. The monoisotopic (exact) mass is 711 g/mol. The van der Waals surface area contributed by atoms with Gasteiger partial charge in [-0.1, -0.05) is 52.4 Å². The van der Waals surface area contributed by atoms with Gasteiger partial charge in [0, 0.05) is 30.0 Å². The molecule has 18 heteroatoms. The summed E-state index contributed by atoms with van der Waals surface area (Å²) in [7, 11) is 1.26. The number of aliphatic carboxylic acids is 1. The topological polar surface area (TPSA) is 198 Å². The number of carbonyl (C=O) groups excluding carboxylic acids is 2. The van der Waals surface area contributed by atoms with Crippen molar-refractivity contribution >= 4 is 75.0 Å². The average molecular weight is 712 g/mol. The number of nitrogens with zero attached hydrogens (tertiary/aromatic N) is 7. The van der Waals surface area contributed by atoms with Crippen molar-refractivity contribution in [2.45, 2.75) is 49.9 Å². The maximum atomic E-state index is 13.3. The van der Waals surface area contributed by atoms with Gasteiger partial charge < -0.3 is 31.6 Å². The standard InChI is InChI=1S/C30H31ClN10O5S2/c1-46-37-21(20-24(31)48-30(33)36-20)26(42)35-22-27(43)41-23(29(44)45)17(14-47-28(22)41)13-39-9-8-19-38(10-11-40(19)39)12-15-2-4-16(5-3-15)25(32)34-18-6-7-18/h2-5,8-9,18,22,28H,6-7,10-14H2,1H3,(H5-,32,33,34,35,36,42,44,45)/p+1/b37-21-/t22-,28-/m1/s1. The van der Waals surface area contributed by atoms with Crippen LogP contribution in [-0.2, 0) is 38.9 Å². The highest BCUT2D eigenvalue weighted by Crippen LogP contribution is 2.40. The summed E-state index contributed by atoms with van der Waals surface area (Å²) in [5.74, 6) is -0.546. The highest BCUT2D eigenvalue weighted by Gasteiger charge is 2.55. The molecule has 2 amide bonds. The third-order valence-electron chi connectivity index (χ3n) is 8.48. The lowest BCUT2D eigenvalue weighted by molar-refractivity contribution is -0.766. The number of nitrogens with one attached hydrogen (secondary N) is 1. The molecule has 1 saturated carbocycles. The summed E-state index contributed by atoms with van der Waals surface area (Å²) in [6, 6.07) is 9.55. The molecule has 48 heavy (non-hydrogen) atoms. The highest BCUT2D eigenvalue weighted by atomic mass is 35.5. The highest BCUT2D eigenvalue weighted by molar-refractivity contribution is 8.00. The van der Waals surface area contributed by atoms with Crippen molar-refractivity contribution in [1.82, 2.24) is 19.9 Å². The first-order chi connectivity index (χ1) is 23.1. The number of aliphatic imine (C=N–C) groups is 1. The lowest BCUT2D eigenvalue weighted by Gasteiger charge is -2.49. The number of rotatable bonds is 11. The van der Waals surface area contributed by atoms with E-state index in [0.717, 1.165) is 54.2 Å². The van der Waals surface area contributed by atoms with E-state index in [-0.39, 0.29) is 26.6 Å². The molecule has 7 rings (SSSR count). The second kappa shape index (κ2) is 12.8. The number of nitrogens with two attached hydrogens (primary N) is 2. The van der Waals surface area contributed by atoms with Gasteiger partial charge in [-0.2, -0.15) is 0 Å². The molecule has 1 saturated heterocycles. The largest absolute Gasteiger partial charge is 0.477 e. The molecule has 0 spiro atoms. The number of hydrogen-bond donors (Lipinski definition) is 4. The lowest BCUT2D eigenvalue weighted by atomic mass is 10.0. The Labute approximate surface area is 287 Å². The summed E-state index contributed by atoms with van der Waals surface area (Å²) in [5.41, 5.74) is 14.2. The Hall–Kier alpha value is -4.61. The number of halogens is 1. The summed E-state index contributed by atoms with van der Waals surface area (Å²) in [4.78, 5) is 55.9. The minimum absolute atomic E-state index is 0.0272. The molecule has 0 radical (unpaired) electrons. The van der Waals surface area contributed by atoms with Gasteiger partial charge in [-0.3, -0.25) is 19.5 Å². The Morgan fingerprint density at radius 3 is 2.67 bits per heavy atom. The van der Waals surface area contributed by atoms with Crippen molar-refractivity contribution in [2.24, 2.45) is 15.9 Å². The first-order valence-corrected chi connectivity index (χ1v) is 17.4. The van der Waals surface area contributed by atoms with Crippen LogP contribution in [0.4, 0.5) is 10.9 Å². The predicted octanol–water partition coefficient (Wildman–Crippen LogP) is 1.14. The van der Waals surface area contributed by atoms with Gasteiger partial charge in [0.2, 0.25) is 0 Å². The third kappa shape index (κ3) is 5.97. The molecule has 3 aliphatic heterocycles. The fraction of sp³-hybridized carbons (Fsp3) is 0.367. The number of anilines is 2. The van der Waals surface area contributed by atoms with E-state index in [4.69, 9.17) is 27.9 Å². The van der Waals surface area contributed by atoms with Crippen LogP contribution in [0.25, 0.3) is 0 Å². The summed E-state index contributed by atoms with van der Waals surface area (Å²) < 4.78 is 4.23. The molecule has 2 atom stereocenters. The molecule has 3 aromatic rings. The number of fused-ring (bicyclic) bond motifs is 2. The Morgan fingerprint density at radius 2 is 2.00 bits per heavy atom. The van der Waals surface area contributed by atoms with Crippen LogP contribution in [0.1, 0.15) is 29.7 Å². The van der Waals surface area contributed by atoms with Crippen molar-refractivity contribution in [2.75, 3.05) is 30.0 Å². The summed E-state index contributed by atoms with van der Waals surface area (Å²) in [6.45, 7) is 2.52. The number of benzene rings is 1. The number of thiazole rings is 1. The van der Waals surface area contributed by atoms with Crippen LogP contribution in [-0.4, -0.2) is 85.9 Å². The van der Waals surface area contributed by atoms with E-state index in [1.807, 2.05) is 29.1 Å². The van der Waals surface area contributed by atoms with Gasteiger partial charge in [-0.15, -0.1) is 21.1 Å². The fourth-order valence-corrected chi connectivity index (χ4v) is 8.29. The molecule has 15 nitrogen and oxygen atoms in total. The van der Waals surface area contributed by atoms with Crippen LogP contribution in [0.5, 0.6) is 0 Å².